The van der Waals surface area contributed by atoms with Crippen molar-refractivity contribution in [2.75, 3.05) is 0 Å². The van der Waals surface area contributed by atoms with E-state index in [1.54, 1.807) is 11.3 Å². The molecule has 0 saturated heterocycles. The minimum absolute atomic E-state index is 0.00651. The topological polar surface area (TPSA) is 42.4 Å². The number of benzene rings is 1. The fourth-order valence-electron chi connectivity index (χ4n) is 2.96. The highest BCUT2D eigenvalue weighted by Gasteiger charge is 2.22. The van der Waals surface area contributed by atoms with Crippen molar-refractivity contribution in [3.8, 4) is 5.75 Å². The second-order valence-corrected chi connectivity index (χ2v) is 8.55. The van der Waals surface area contributed by atoms with Gasteiger partial charge in [0, 0.05) is 17.3 Å². The lowest BCUT2D eigenvalue weighted by atomic mass is 10.1. The number of aromatic nitrogens is 1. The lowest BCUT2D eigenvalue weighted by Gasteiger charge is -2.29. The Hall–Kier alpha value is -1.88. The Morgan fingerprint density at radius 3 is 2.56 bits per heavy atom. The first-order valence-corrected chi connectivity index (χ1v) is 10.5. The van der Waals surface area contributed by atoms with Crippen LogP contribution in [0.25, 0.3) is 0 Å². The van der Waals surface area contributed by atoms with Crippen molar-refractivity contribution in [2.24, 2.45) is 5.92 Å². The zero-order valence-corrected chi connectivity index (χ0v) is 18.4. The van der Waals surface area contributed by atoms with Gasteiger partial charge in [-0.3, -0.25) is 4.79 Å². The van der Waals surface area contributed by atoms with Gasteiger partial charge in [0.15, 0.2) is 0 Å². The van der Waals surface area contributed by atoms with E-state index in [-0.39, 0.29) is 17.9 Å². The lowest BCUT2D eigenvalue weighted by molar-refractivity contribution is -0.137. The van der Waals surface area contributed by atoms with Crippen LogP contribution in [0.4, 0.5) is 0 Å². The summed E-state index contributed by atoms with van der Waals surface area (Å²) in [5.41, 5.74) is 4.54. The zero-order valence-electron chi connectivity index (χ0n) is 17.6. The Balaban J connectivity index is 2.06. The summed E-state index contributed by atoms with van der Waals surface area (Å²) in [6.45, 7) is 15.4. The highest BCUT2D eigenvalue weighted by Crippen LogP contribution is 2.25. The van der Waals surface area contributed by atoms with Crippen molar-refractivity contribution in [1.82, 2.24) is 9.88 Å². The molecule has 1 unspecified atom stereocenters. The number of aryl methyl sites for hydroxylation is 2. The molecular formula is C22H32N2O2S. The van der Waals surface area contributed by atoms with E-state index in [2.05, 4.69) is 46.8 Å². The molecule has 1 aromatic carbocycles. The van der Waals surface area contributed by atoms with Crippen LogP contribution in [-0.4, -0.2) is 21.8 Å². The molecule has 0 aliphatic carbocycles. The molecule has 0 saturated carbocycles. The number of thiazole rings is 1. The molecule has 0 fully saturated rings. The Bertz CT molecular complexity index is 783. The molecular weight excluding hydrogens is 356 g/mol. The largest absolute Gasteiger partial charge is 0.486 e. The second kappa shape index (κ2) is 9.36. The maximum absolute atomic E-state index is 12.5. The van der Waals surface area contributed by atoms with Crippen LogP contribution in [0, 0.1) is 26.7 Å². The van der Waals surface area contributed by atoms with Crippen LogP contribution in [0.5, 0.6) is 5.75 Å². The standard InChI is InChI=1S/C22H32N2O2S/c1-8-17(6)24(22(25)14(2)3)11-19-13-27-21(23-19)12-26-20-10-15(4)9-16(5)18(20)7/h9-10,13-14,17H,8,11-12H2,1-7H3. The number of carbonyl (C=O) groups is 1. The summed E-state index contributed by atoms with van der Waals surface area (Å²) < 4.78 is 6.02. The van der Waals surface area contributed by atoms with Crippen molar-refractivity contribution in [3.05, 3.63) is 44.9 Å². The van der Waals surface area contributed by atoms with Gasteiger partial charge in [-0.05, 0) is 56.9 Å². The number of rotatable bonds is 8. The van der Waals surface area contributed by atoms with Gasteiger partial charge in [0.05, 0.1) is 12.2 Å². The lowest BCUT2D eigenvalue weighted by Crippen LogP contribution is -2.40. The van der Waals surface area contributed by atoms with Crippen molar-refractivity contribution >= 4 is 17.2 Å². The van der Waals surface area contributed by atoms with Crippen LogP contribution in [-0.2, 0) is 17.9 Å². The van der Waals surface area contributed by atoms with Gasteiger partial charge in [0.2, 0.25) is 5.91 Å². The Kier molecular flexibility index (Phi) is 7.42. The van der Waals surface area contributed by atoms with Crippen LogP contribution in [0.3, 0.4) is 0 Å². The quantitative estimate of drug-likeness (QED) is 0.605. The van der Waals surface area contributed by atoms with Gasteiger partial charge >= 0.3 is 0 Å². The number of nitrogens with zero attached hydrogens (tertiary/aromatic N) is 2. The summed E-state index contributed by atoms with van der Waals surface area (Å²) in [6.07, 6.45) is 0.935. The fraction of sp³-hybridized carbons (Fsp3) is 0.545. The van der Waals surface area contributed by atoms with Gasteiger partial charge < -0.3 is 9.64 Å². The third-order valence-electron chi connectivity index (χ3n) is 4.95. The number of carbonyl (C=O) groups excluding carboxylic acids is 1. The van der Waals surface area contributed by atoms with E-state index in [1.165, 1.54) is 16.7 Å². The summed E-state index contributed by atoms with van der Waals surface area (Å²) in [5.74, 6) is 1.09. The Labute approximate surface area is 167 Å². The maximum atomic E-state index is 12.5. The molecule has 4 nitrogen and oxygen atoms in total. The van der Waals surface area contributed by atoms with Gasteiger partial charge in [0.25, 0.3) is 0 Å². The molecule has 0 N–H and O–H groups in total. The average Bonchev–Trinajstić information content (AvgIpc) is 3.07. The fourth-order valence-corrected chi connectivity index (χ4v) is 3.65. The van der Waals surface area contributed by atoms with Crippen LogP contribution < -0.4 is 4.74 Å². The second-order valence-electron chi connectivity index (χ2n) is 7.60. The number of hydrogen-bond donors (Lipinski definition) is 0. The van der Waals surface area contributed by atoms with Gasteiger partial charge in [-0.2, -0.15) is 0 Å². The van der Waals surface area contributed by atoms with Gasteiger partial charge in [-0.25, -0.2) is 4.98 Å². The van der Waals surface area contributed by atoms with E-state index in [0.29, 0.717) is 13.2 Å². The molecule has 0 radical (unpaired) electrons. The van der Waals surface area contributed by atoms with Gasteiger partial charge in [-0.1, -0.05) is 26.8 Å². The normalized spacial score (nSPS) is 12.3. The van der Waals surface area contributed by atoms with E-state index < -0.39 is 0 Å². The first kappa shape index (κ1) is 21.4. The molecule has 1 amide bonds. The molecule has 2 rings (SSSR count). The predicted molar refractivity (Wildman–Crippen MR) is 112 cm³/mol. The molecule has 1 heterocycles. The molecule has 2 aromatic rings. The number of hydrogen-bond acceptors (Lipinski definition) is 4. The zero-order chi connectivity index (χ0) is 20.1. The maximum Gasteiger partial charge on any atom is 0.225 e. The summed E-state index contributed by atoms with van der Waals surface area (Å²) in [5, 5.41) is 2.97. The predicted octanol–water partition coefficient (Wildman–Crippen LogP) is 5.43. The average molecular weight is 389 g/mol. The van der Waals surface area contributed by atoms with E-state index in [9.17, 15) is 4.79 Å². The van der Waals surface area contributed by atoms with E-state index in [4.69, 9.17) is 9.72 Å². The monoisotopic (exact) mass is 388 g/mol. The Morgan fingerprint density at radius 1 is 1.22 bits per heavy atom. The molecule has 1 atom stereocenters. The summed E-state index contributed by atoms with van der Waals surface area (Å²) >= 11 is 1.59. The molecule has 0 spiro atoms. The molecule has 27 heavy (non-hydrogen) atoms. The SMILES string of the molecule is CCC(C)N(Cc1csc(COc2cc(C)cc(C)c2C)n1)C(=O)C(C)C. The van der Waals surface area contributed by atoms with Crippen LogP contribution in [0.15, 0.2) is 17.5 Å². The van der Waals surface area contributed by atoms with Crippen LogP contribution in [0.2, 0.25) is 0 Å². The van der Waals surface area contributed by atoms with E-state index in [1.807, 2.05) is 24.1 Å². The van der Waals surface area contributed by atoms with Crippen molar-refractivity contribution in [2.45, 2.75) is 74.1 Å². The summed E-state index contributed by atoms with van der Waals surface area (Å²) in [6, 6.07) is 4.45. The molecule has 0 bridgehead atoms. The van der Waals surface area contributed by atoms with Crippen molar-refractivity contribution in [1.29, 1.82) is 0 Å². The van der Waals surface area contributed by atoms with Crippen LogP contribution in [0.1, 0.15) is 61.5 Å². The molecule has 148 valence electrons. The van der Waals surface area contributed by atoms with E-state index >= 15 is 0 Å². The first-order chi connectivity index (χ1) is 12.7. The Morgan fingerprint density at radius 2 is 1.93 bits per heavy atom. The first-order valence-electron chi connectivity index (χ1n) is 9.67. The highest BCUT2D eigenvalue weighted by molar-refractivity contribution is 7.09. The molecule has 0 aliphatic rings. The summed E-state index contributed by atoms with van der Waals surface area (Å²) in [7, 11) is 0. The highest BCUT2D eigenvalue weighted by atomic mass is 32.1. The minimum atomic E-state index is -0.00651. The third kappa shape index (κ3) is 5.55. The number of amides is 1. The van der Waals surface area contributed by atoms with Gasteiger partial charge in [-0.15, -0.1) is 11.3 Å². The molecule has 1 aromatic heterocycles. The van der Waals surface area contributed by atoms with E-state index in [0.717, 1.165) is 22.9 Å². The molecule has 5 heteroatoms. The van der Waals surface area contributed by atoms with Crippen molar-refractivity contribution in [3.63, 3.8) is 0 Å². The summed E-state index contributed by atoms with van der Waals surface area (Å²) in [4.78, 5) is 19.2. The number of ether oxygens (including phenoxy) is 1. The third-order valence-corrected chi connectivity index (χ3v) is 5.82. The minimum Gasteiger partial charge on any atom is -0.486 e. The van der Waals surface area contributed by atoms with Gasteiger partial charge in [0.1, 0.15) is 17.4 Å². The van der Waals surface area contributed by atoms with Crippen LogP contribution >= 0.6 is 11.3 Å². The van der Waals surface area contributed by atoms with Crippen molar-refractivity contribution < 1.29 is 9.53 Å². The molecule has 0 aliphatic heterocycles. The smallest absolute Gasteiger partial charge is 0.225 e.